The van der Waals surface area contributed by atoms with Crippen LogP contribution in [0.2, 0.25) is 0 Å². The summed E-state index contributed by atoms with van der Waals surface area (Å²) in [5.41, 5.74) is 2.69. The van der Waals surface area contributed by atoms with Gasteiger partial charge in [0.25, 0.3) is 0 Å². The van der Waals surface area contributed by atoms with E-state index in [1.54, 1.807) is 11.8 Å². The third-order valence-electron chi connectivity index (χ3n) is 1.09. The van der Waals surface area contributed by atoms with Crippen molar-refractivity contribution >= 4 is 44.3 Å². The smallest absolute Gasteiger partial charge is 0.147 e. The van der Waals surface area contributed by atoms with Gasteiger partial charge in [-0.2, -0.15) is 0 Å². The zero-order valence-corrected chi connectivity index (χ0v) is 7.76. The maximum Gasteiger partial charge on any atom is 0.147 e. The van der Waals surface area contributed by atoms with Crippen molar-refractivity contribution in [2.45, 2.75) is 0 Å². The summed E-state index contributed by atoms with van der Waals surface area (Å²) in [6.45, 7) is 0. The van der Waals surface area contributed by atoms with Crippen LogP contribution in [0, 0.1) is 3.70 Å². The van der Waals surface area contributed by atoms with E-state index in [0.717, 1.165) is 14.0 Å². The molecule has 5 heteroatoms. The highest BCUT2D eigenvalue weighted by Gasteiger charge is 2.00. The minimum absolute atomic E-state index is 0.910. The van der Waals surface area contributed by atoms with Gasteiger partial charge in [0.2, 0.25) is 0 Å². The van der Waals surface area contributed by atoms with Gasteiger partial charge >= 0.3 is 0 Å². The van der Waals surface area contributed by atoms with E-state index in [4.69, 9.17) is 0 Å². The van der Waals surface area contributed by atoms with Gasteiger partial charge in [-0.1, -0.05) is 0 Å². The van der Waals surface area contributed by atoms with Crippen LogP contribution in [-0.2, 0) is 0 Å². The fourth-order valence-corrected chi connectivity index (χ4v) is 2.00. The molecule has 0 radical (unpaired) electrons. The number of thiazole rings is 1. The second-order valence-electron chi connectivity index (χ2n) is 1.67. The molecule has 2 heterocycles. The van der Waals surface area contributed by atoms with Crippen molar-refractivity contribution in [2.24, 2.45) is 0 Å². The minimum Gasteiger partial charge on any atom is -0.240 e. The van der Waals surface area contributed by atoms with Crippen LogP contribution >= 0.6 is 33.9 Å². The Morgan fingerprint density at radius 3 is 3.00 bits per heavy atom. The summed E-state index contributed by atoms with van der Waals surface area (Å²) in [7, 11) is 0. The summed E-state index contributed by atoms with van der Waals surface area (Å²) >= 11 is 3.68. The molecule has 0 unspecified atom stereocenters. The molecule has 2 rings (SSSR count). The first kappa shape index (κ1) is 6.41. The lowest BCUT2D eigenvalue weighted by Gasteiger charge is -1.86. The summed E-state index contributed by atoms with van der Waals surface area (Å²) in [5, 5.41) is 0. The van der Waals surface area contributed by atoms with Crippen molar-refractivity contribution in [3.8, 4) is 0 Å². The van der Waals surface area contributed by atoms with E-state index in [9.17, 15) is 0 Å². The Balaban J connectivity index is 2.95. The number of hydrogen-bond acceptors (Lipinski definition) is 4. The minimum atomic E-state index is 0.910. The van der Waals surface area contributed by atoms with Gasteiger partial charge in [0.1, 0.15) is 20.4 Å². The molecule has 0 aromatic carbocycles. The Kier molecular flexibility index (Phi) is 1.53. The number of rotatable bonds is 0. The lowest BCUT2D eigenvalue weighted by Crippen LogP contribution is -1.82. The van der Waals surface area contributed by atoms with Gasteiger partial charge in [0.15, 0.2) is 0 Å². The number of nitrogens with zero attached hydrogens (tertiary/aromatic N) is 3. The van der Waals surface area contributed by atoms with Crippen molar-refractivity contribution < 1.29 is 0 Å². The summed E-state index contributed by atoms with van der Waals surface area (Å²) in [5.74, 6) is 0. The predicted octanol–water partition coefficient (Wildman–Crippen LogP) is 1.69. The fourth-order valence-electron chi connectivity index (χ4n) is 0.666. The molecule has 0 fully saturated rings. The Morgan fingerprint density at radius 1 is 1.30 bits per heavy atom. The molecule has 10 heavy (non-hydrogen) atoms. The van der Waals surface area contributed by atoms with Crippen molar-refractivity contribution in [2.75, 3.05) is 0 Å². The maximum atomic E-state index is 4.10. The predicted molar refractivity (Wildman–Crippen MR) is 47.9 cm³/mol. The molecule has 0 atom stereocenters. The van der Waals surface area contributed by atoms with Crippen LogP contribution in [0.4, 0.5) is 0 Å². The van der Waals surface area contributed by atoms with Crippen LogP contribution in [0.3, 0.4) is 0 Å². The van der Waals surface area contributed by atoms with Crippen molar-refractivity contribution in [3.63, 3.8) is 0 Å². The molecule has 0 saturated carbocycles. The zero-order valence-electron chi connectivity index (χ0n) is 4.78. The molecule has 0 saturated heterocycles. The first-order valence-corrected chi connectivity index (χ1v) is 4.53. The SMILES string of the molecule is Ic1ncnc2scnc12. The highest BCUT2D eigenvalue weighted by molar-refractivity contribution is 14.1. The number of halogens is 1. The quantitative estimate of drug-likeness (QED) is 0.536. The largest absolute Gasteiger partial charge is 0.240 e. The van der Waals surface area contributed by atoms with Gasteiger partial charge in [0, 0.05) is 0 Å². The molecule has 0 bridgehead atoms. The summed E-state index contributed by atoms with van der Waals surface area (Å²) < 4.78 is 0.920. The van der Waals surface area contributed by atoms with E-state index in [-0.39, 0.29) is 0 Å². The topological polar surface area (TPSA) is 38.7 Å². The molecule has 2 aromatic rings. The van der Waals surface area contributed by atoms with E-state index in [0.29, 0.717) is 0 Å². The summed E-state index contributed by atoms with van der Waals surface area (Å²) in [4.78, 5) is 13.1. The van der Waals surface area contributed by atoms with Gasteiger partial charge in [-0.05, 0) is 22.6 Å². The zero-order chi connectivity index (χ0) is 6.97. The van der Waals surface area contributed by atoms with E-state index < -0.39 is 0 Å². The van der Waals surface area contributed by atoms with Crippen LogP contribution in [0.5, 0.6) is 0 Å². The average molecular weight is 263 g/mol. The van der Waals surface area contributed by atoms with E-state index in [1.165, 1.54) is 11.3 Å². The van der Waals surface area contributed by atoms with Crippen LogP contribution in [0.15, 0.2) is 11.8 Å². The Hall–Kier alpha value is -0.300. The average Bonchev–Trinajstić information content (AvgIpc) is 2.36. The number of hydrogen-bond donors (Lipinski definition) is 0. The number of fused-ring (bicyclic) bond motifs is 1. The lowest BCUT2D eigenvalue weighted by molar-refractivity contribution is 1.19. The van der Waals surface area contributed by atoms with E-state index >= 15 is 0 Å². The van der Waals surface area contributed by atoms with Crippen molar-refractivity contribution in [1.29, 1.82) is 0 Å². The first-order valence-electron chi connectivity index (χ1n) is 2.57. The second kappa shape index (κ2) is 2.39. The Labute approximate surface area is 74.7 Å². The maximum absolute atomic E-state index is 4.10. The highest BCUT2D eigenvalue weighted by Crippen LogP contribution is 2.17. The van der Waals surface area contributed by atoms with Gasteiger partial charge < -0.3 is 0 Å². The molecule has 0 amide bonds. The van der Waals surface area contributed by atoms with Crippen LogP contribution in [-0.4, -0.2) is 15.0 Å². The molecule has 0 spiro atoms. The molecule has 0 aliphatic heterocycles. The highest BCUT2D eigenvalue weighted by atomic mass is 127. The van der Waals surface area contributed by atoms with Crippen LogP contribution in [0.25, 0.3) is 10.3 Å². The third kappa shape index (κ3) is 0.891. The van der Waals surface area contributed by atoms with Crippen LogP contribution in [0.1, 0.15) is 0 Å². The van der Waals surface area contributed by atoms with Crippen LogP contribution < -0.4 is 0 Å². The van der Waals surface area contributed by atoms with Gasteiger partial charge in [0.05, 0.1) is 5.51 Å². The Bertz CT molecular complexity index is 358. The summed E-state index contributed by atoms with van der Waals surface area (Å²) in [6.07, 6.45) is 1.56. The molecule has 2 aromatic heterocycles. The van der Waals surface area contributed by atoms with Crippen molar-refractivity contribution in [1.82, 2.24) is 15.0 Å². The van der Waals surface area contributed by atoms with Gasteiger partial charge in [-0.3, -0.25) is 0 Å². The molecular formula is C5H2IN3S. The monoisotopic (exact) mass is 263 g/mol. The third-order valence-corrected chi connectivity index (χ3v) is 2.61. The molecular weight excluding hydrogens is 261 g/mol. The molecule has 50 valence electrons. The molecule has 0 aliphatic carbocycles. The fraction of sp³-hybridized carbons (Fsp3) is 0. The normalized spacial score (nSPS) is 10.5. The van der Waals surface area contributed by atoms with Gasteiger partial charge in [-0.25, -0.2) is 15.0 Å². The van der Waals surface area contributed by atoms with Crippen molar-refractivity contribution in [3.05, 3.63) is 15.5 Å². The second-order valence-corrected chi connectivity index (χ2v) is 3.53. The summed E-state index contributed by atoms with van der Waals surface area (Å²) in [6, 6.07) is 0. The molecule has 3 nitrogen and oxygen atoms in total. The molecule has 0 aliphatic rings. The van der Waals surface area contributed by atoms with Gasteiger partial charge in [-0.15, -0.1) is 11.3 Å². The number of aromatic nitrogens is 3. The Morgan fingerprint density at radius 2 is 2.20 bits per heavy atom. The molecule has 0 N–H and O–H groups in total. The van der Waals surface area contributed by atoms with E-state index in [1.807, 2.05) is 0 Å². The first-order chi connectivity index (χ1) is 4.88. The van der Waals surface area contributed by atoms with E-state index in [2.05, 4.69) is 37.5 Å². The standard InChI is InChI=1S/C5H2IN3S/c6-4-3-5(8-1-7-4)10-2-9-3/h1-2H. The lowest BCUT2D eigenvalue weighted by atomic mass is 10.6.